The van der Waals surface area contributed by atoms with Gasteiger partial charge in [0.15, 0.2) is 0 Å². The van der Waals surface area contributed by atoms with Crippen LogP contribution in [0.2, 0.25) is 0 Å². The van der Waals surface area contributed by atoms with E-state index in [-0.39, 0.29) is 12.0 Å². The maximum Gasteiger partial charge on any atom is 0.234 e. The van der Waals surface area contributed by atoms with Crippen molar-refractivity contribution in [3.63, 3.8) is 0 Å². The predicted octanol–water partition coefficient (Wildman–Crippen LogP) is 2.66. The van der Waals surface area contributed by atoms with Gasteiger partial charge in [-0.25, -0.2) is 0 Å². The van der Waals surface area contributed by atoms with Crippen LogP contribution in [0.5, 0.6) is 11.5 Å². The first-order valence-corrected chi connectivity index (χ1v) is 8.87. The van der Waals surface area contributed by atoms with Crippen LogP contribution in [0.15, 0.2) is 35.7 Å². The largest absolute Gasteiger partial charge is 0.497 e. The molecule has 24 heavy (non-hydrogen) atoms. The molecule has 0 bridgehead atoms. The third kappa shape index (κ3) is 4.27. The average molecular weight is 346 g/mol. The van der Waals surface area contributed by atoms with Gasteiger partial charge in [0.05, 0.1) is 20.2 Å². The van der Waals surface area contributed by atoms with Gasteiger partial charge in [-0.15, -0.1) is 11.3 Å². The van der Waals surface area contributed by atoms with Crippen LogP contribution in [0.25, 0.3) is 0 Å². The lowest BCUT2D eigenvalue weighted by Gasteiger charge is -2.21. The van der Waals surface area contributed by atoms with E-state index in [2.05, 4.69) is 10.2 Å². The highest BCUT2D eigenvalue weighted by molar-refractivity contribution is 7.09. The number of hydrogen-bond acceptors (Lipinski definition) is 5. The van der Waals surface area contributed by atoms with Gasteiger partial charge in [0, 0.05) is 29.6 Å². The number of carbonyl (C=O) groups excluding carboxylic acids is 1. The molecular weight excluding hydrogens is 324 g/mol. The molecule has 2 heterocycles. The molecule has 5 nitrogen and oxygen atoms in total. The van der Waals surface area contributed by atoms with E-state index in [1.54, 1.807) is 18.4 Å². The van der Waals surface area contributed by atoms with Gasteiger partial charge in [0.25, 0.3) is 0 Å². The topological polar surface area (TPSA) is 50.8 Å². The second-order valence-electron chi connectivity index (χ2n) is 5.93. The van der Waals surface area contributed by atoms with E-state index < -0.39 is 0 Å². The summed E-state index contributed by atoms with van der Waals surface area (Å²) in [6.45, 7) is 4.37. The van der Waals surface area contributed by atoms with Gasteiger partial charge in [-0.05, 0) is 24.4 Å². The molecule has 2 aromatic rings. The SMILES string of the molecule is COc1ccc2c(c1)OC(C)CN(CC(=O)NCc1cccs1)C2. The molecule has 0 saturated heterocycles. The molecule has 0 saturated carbocycles. The van der Waals surface area contributed by atoms with Crippen molar-refractivity contribution in [2.75, 3.05) is 20.2 Å². The van der Waals surface area contributed by atoms with Crippen molar-refractivity contribution < 1.29 is 14.3 Å². The predicted molar refractivity (Wildman–Crippen MR) is 94.5 cm³/mol. The first kappa shape index (κ1) is 16.8. The zero-order chi connectivity index (χ0) is 16.9. The van der Waals surface area contributed by atoms with E-state index in [1.807, 2.05) is 42.6 Å². The number of carbonyl (C=O) groups is 1. The highest BCUT2D eigenvalue weighted by Crippen LogP contribution is 2.29. The fraction of sp³-hybridized carbons (Fsp3) is 0.389. The van der Waals surface area contributed by atoms with Crippen LogP contribution >= 0.6 is 11.3 Å². The van der Waals surface area contributed by atoms with E-state index in [9.17, 15) is 4.79 Å². The number of ether oxygens (including phenoxy) is 2. The standard InChI is InChI=1S/C18H22N2O3S/c1-13-10-20(12-18(21)19-9-16-4-3-7-24-16)11-14-5-6-15(22-2)8-17(14)23-13/h3-8,13H,9-12H2,1-2H3,(H,19,21). The molecule has 128 valence electrons. The summed E-state index contributed by atoms with van der Waals surface area (Å²) in [5, 5.41) is 4.99. The molecule has 1 aliphatic heterocycles. The van der Waals surface area contributed by atoms with Gasteiger partial charge in [-0.2, -0.15) is 0 Å². The Bertz CT molecular complexity index is 688. The van der Waals surface area contributed by atoms with E-state index in [4.69, 9.17) is 9.47 Å². The summed E-state index contributed by atoms with van der Waals surface area (Å²) in [5.74, 6) is 1.65. The number of rotatable bonds is 5. The second kappa shape index (κ2) is 7.68. The Labute approximate surface area is 146 Å². The Hall–Kier alpha value is -2.05. The van der Waals surface area contributed by atoms with Gasteiger partial charge in [-0.1, -0.05) is 12.1 Å². The molecular formula is C18H22N2O3S. The monoisotopic (exact) mass is 346 g/mol. The maximum absolute atomic E-state index is 12.2. The van der Waals surface area contributed by atoms with Gasteiger partial charge < -0.3 is 14.8 Å². The Kier molecular flexibility index (Phi) is 5.37. The minimum Gasteiger partial charge on any atom is -0.497 e. The van der Waals surface area contributed by atoms with Crippen molar-refractivity contribution in [1.82, 2.24) is 10.2 Å². The third-order valence-electron chi connectivity index (χ3n) is 3.92. The second-order valence-corrected chi connectivity index (χ2v) is 6.96. The zero-order valence-electron chi connectivity index (χ0n) is 14.0. The van der Waals surface area contributed by atoms with E-state index >= 15 is 0 Å². The molecule has 6 heteroatoms. The van der Waals surface area contributed by atoms with E-state index in [1.165, 1.54) is 0 Å². The smallest absolute Gasteiger partial charge is 0.234 e. The number of methoxy groups -OCH3 is 1. The van der Waals surface area contributed by atoms with Gasteiger partial charge in [-0.3, -0.25) is 9.69 Å². The summed E-state index contributed by atoms with van der Waals surface area (Å²) in [6, 6.07) is 9.85. The van der Waals surface area contributed by atoms with Gasteiger partial charge >= 0.3 is 0 Å². The quantitative estimate of drug-likeness (QED) is 0.904. The summed E-state index contributed by atoms with van der Waals surface area (Å²) < 4.78 is 11.2. The Balaban J connectivity index is 1.61. The van der Waals surface area contributed by atoms with Crippen molar-refractivity contribution >= 4 is 17.2 Å². The van der Waals surface area contributed by atoms with Crippen LogP contribution in [0.1, 0.15) is 17.4 Å². The lowest BCUT2D eigenvalue weighted by Crippen LogP contribution is -2.39. The van der Waals surface area contributed by atoms with Crippen LogP contribution in [-0.2, 0) is 17.9 Å². The Morgan fingerprint density at radius 3 is 3.08 bits per heavy atom. The summed E-state index contributed by atoms with van der Waals surface area (Å²) in [5.41, 5.74) is 1.08. The normalized spacial score (nSPS) is 17.5. The van der Waals surface area contributed by atoms with Crippen molar-refractivity contribution in [3.8, 4) is 11.5 Å². The molecule has 1 aromatic heterocycles. The highest BCUT2D eigenvalue weighted by Gasteiger charge is 2.22. The summed E-state index contributed by atoms with van der Waals surface area (Å²) in [6.07, 6.45) is 0.0171. The Morgan fingerprint density at radius 1 is 1.46 bits per heavy atom. The van der Waals surface area contributed by atoms with Crippen LogP contribution in [0.3, 0.4) is 0 Å². The molecule has 3 rings (SSSR count). The number of nitrogens with one attached hydrogen (secondary N) is 1. The maximum atomic E-state index is 12.2. The lowest BCUT2D eigenvalue weighted by atomic mass is 10.2. The Morgan fingerprint density at radius 2 is 2.33 bits per heavy atom. The number of benzene rings is 1. The average Bonchev–Trinajstić information content (AvgIpc) is 3.02. The fourth-order valence-electron chi connectivity index (χ4n) is 2.80. The molecule has 1 aliphatic rings. The molecule has 1 atom stereocenters. The first-order chi connectivity index (χ1) is 11.6. The lowest BCUT2D eigenvalue weighted by molar-refractivity contribution is -0.122. The summed E-state index contributed by atoms with van der Waals surface area (Å²) in [7, 11) is 1.64. The fourth-order valence-corrected chi connectivity index (χ4v) is 3.45. The van der Waals surface area contributed by atoms with E-state index in [0.29, 0.717) is 26.2 Å². The first-order valence-electron chi connectivity index (χ1n) is 7.99. The summed E-state index contributed by atoms with van der Waals surface area (Å²) in [4.78, 5) is 15.5. The summed E-state index contributed by atoms with van der Waals surface area (Å²) >= 11 is 1.65. The van der Waals surface area contributed by atoms with Crippen LogP contribution in [0, 0.1) is 0 Å². The number of nitrogens with zero attached hydrogens (tertiary/aromatic N) is 1. The number of fused-ring (bicyclic) bond motifs is 1. The third-order valence-corrected chi connectivity index (χ3v) is 4.80. The molecule has 0 spiro atoms. The number of thiophene rings is 1. The van der Waals surface area contributed by atoms with Crippen LogP contribution in [0.4, 0.5) is 0 Å². The van der Waals surface area contributed by atoms with E-state index in [0.717, 1.165) is 21.9 Å². The molecule has 0 fully saturated rings. The molecule has 1 unspecified atom stereocenters. The molecule has 1 aromatic carbocycles. The minimum atomic E-state index is 0.0171. The van der Waals surface area contributed by atoms with Crippen molar-refractivity contribution in [3.05, 3.63) is 46.2 Å². The van der Waals surface area contributed by atoms with Crippen LogP contribution in [-0.4, -0.2) is 37.1 Å². The van der Waals surface area contributed by atoms with Crippen molar-refractivity contribution in [2.45, 2.75) is 26.1 Å². The molecule has 1 amide bonds. The number of amides is 1. The van der Waals surface area contributed by atoms with Crippen molar-refractivity contribution in [1.29, 1.82) is 0 Å². The minimum absolute atomic E-state index is 0.0171. The highest BCUT2D eigenvalue weighted by atomic mass is 32.1. The van der Waals surface area contributed by atoms with Crippen molar-refractivity contribution in [2.24, 2.45) is 0 Å². The number of hydrogen-bond donors (Lipinski definition) is 1. The zero-order valence-corrected chi connectivity index (χ0v) is 14.8. The molecule has 1 N–H and O–H groups in total. The van der Waals surface area contributed by atoms with Crippen LogP contribution < -0.4 is 14.8 Å². The molecule has 0 radical (unpaired) electrons. The molecule has 0 aliphatic carbocycles. The van der Waals surface area contributed by atoms with Gasteiger partial charge in [0.1, 0.15) is 17.6 Å². The van der Waals surface area contributed by atoms with Gasteiger partial charge in [0.2, 0.25) is 5.91 Å².